The van der Waals surface area contributed by atoms with E-state index in [2.05, 4.69) is 6.92 Å². The van der Waals surface area contributed by atoms with Crippen molar-refractivity contribution in [1.82, 2.24) is 0 Å². The van der Waals surface area contributed by atoms with Gasteiger partial charge in [0.2, 0.25) is 5.78 Å². The summed E-state index contributed by atoms with van der Waals surface area (Å²) in [7, 11) is 0. The molecule has 1 N–H and O–H groups in total. The maximum Gasteiger partial charge on any atom is 0.228 e. The first-order valence-electron chi connectivity index (χ1n) is 8.56. The molecule has 2 aromatic rings. The Morgan fingerprint density at radius 3 is 2.88 bits per heavy atom. The highest BCUT2D eigenvalue weighted by Crippen LogP contribution is 2.52. The number of benzene rings is 1. The van der Waals surface area contributed by atoms with Crippen LogP contribution in [0.4, 0.5) is 0 Å². The first-order valence-corrected chi connectivity index (χ1v) is 8.56. The van der Waals surface area contributed by atoms with Crippen molar-refractivity contribution in [3.63, 3.8) is 0 Å². The molecule has 1 heterocycles. The number of carbonyl (C=O) groups is 2. The number of hydrogen-bond donors (Lipinski definition) is 1. The smallest absolute Gasteiger partial charge is 0.228 e. The first kappa shape index (κ1) is 14.2. The molecule has 1 unspecified atom stereocenters. The fourth-order valence-corrected chi connectivity index (χ4v) is 4.78. The minimum atomic E-state index is -0.584. The van der Waals surface area contributed by atoms with E-state index in [0.717, 1.165) is 47.1 Å². The van der Waals surface area contributed by atoms with Crippen LogP contribution in [-0.2, 0) is 11.8 Å². The van der Waals surface area contributed by atoms with Gasteiger partial charge in [-0.25, -0.2) is 0 Å². The predicted molar refractivity (Wildman–Crippen MR) is 86.5 cm³/mol. The number of aliphatic hydroxyl groups is 1. The number of rotatable bonds is 0. The third kappa shape index (κ3) is 1.57. The monoisotopic (exact) mass is 322 g/mol. The van der Waals surface area contributed by atoms with Crippen molar-refractivity contribution < 1.29 is 19.1 Å². The lowest BCUT2D eigenvalue weighted by Gasteiger charge is -2.40. The summed E-state index contributed by atoms with van der Waals surface area (Å²) in [6.07, 6.45) is 4.58. The Kier molecular flexibility index (Phi) is 2.63. The highest BCUT2D eigenvalue weighted by Gasteiger charge is 2.48. The Hall–Kier alpha value is -2.20. The van der Waals surface area contributed by atoms with E-state index in [1.807, 2.05) is 12.1 Å². The summed E-state index contributed by atoms with van der Waals surface area (Å²) in [4.78, 5) is 25.3. The van der Waals surface area contributed by atoms with Gasteiger partial charge in [-0.05, 0) is 48.9 Å². The van der Waals surface area contributed by atoms with E-state index < -0.39 is 6.10 Å². The zero-order valence-electron chi connectivity index (χ0n) is 13.5. The Labute approximate surface area is 139 Å². The van der Waals surface area contributed by atoms with Crippen LogP contribution < -0.4 is 0 Å². The summed E-state index contributed by atoms with van der Waals surface area (Å²) in [5, 5.41) is 10.3. The zero-order chi connectivity index (χ0) is 16.6. The molecule has 0 spiro atoms. The van der Waals surface area contributed by atoms with E-state index in [-0.39, 0.29) is 17.0 Å². The van der Waals surface area contributed by atoms with Gasteiger partial charge in [0.15, 0.2) is 11.5 Å². The molecule has 0 amide bonds. The molecule has 24 heavy (non-hydrogen) atoms. The molecule has 5 rings (SSSR count). The molecule has 0 saturated carbocycles. The third-order valence-corrected chi connectivity index (χ3v) is 6.09. The molecule has 1 aromatic carbocycles. The number of Topliss-reactive ketones (excluding diaryl/α,β-unsaturated/α-hetero) is 1. The van der Waals surface area contributed by atoms with Gasteiger partial charge in [-0.3, -0.25) is 9.59 Å². The fraction of sp³-hybridized carbons (Fsp3) is 0.400. The van der Waals surface area contributed by atoms with Gasteiger partial charge in [0.1, 0.15) is 0 Å². The van der Waals surface area contributed by atoms with Gasteiger partial charge < -0.3 is 9.52 Å². The summed E-state index contributed by atoms with van der Waals surface area (Å²) >= 11 is 0. The fourth-order valence-electron chi connectivity index (χ4n) is 4.78. The molecule has 4 nitrogen and oxygen atoms in total. The second-order valence-electron chi connectivity index (χ2n) is 7.44. The Bertz CT molecular complexity index is 920. The Morgan fingerprint density at radius 2 is 2.04 bits per heavy atom. The van der Waals surface area contributed by atoms with Gasteiger partial charge in [-0.2, -0.15) is 0 Å². The lowest BCUT2D eigenvalue weighted by molar-refractivity contribution is 0.0964. The van der Waals surface area contributed by atoms with Crippen LogP contribution in [0.1, 0.15) is 87.4 Å². The third-order valence-electron chi connectivity index (χ3n) is 6.09. The Morgan fingerprint density at radius 1 is 1.21 bits per heavy atom. The SMILES string of the molecule is CC12CC[C@@H](O)c3coc(c31)C(=O)c1cc3c(cc12)C(=O)CCC3. The number of fused-ring (bicyclic) bond motifs is 3. The van der Waals surface area contributed by atoms with Crippen LogP contribution in [0.5, 0.6) is 0 Å². The van der Waals surface area contributed by atoms with E-state index in [0.29, 0.717) is 24.2 Å². The molecule has 0 radical (unpaired) electrons. The summed E-state index contributed by atoms with van der Waals surface area (Å²) in [5.74, 6) is 0.406. The molecule has 3 aliphatic rings. The molecule has 1 aromatic heterocycles. The molecule has 122 valence electrons. The second-order valence-corrected chi connectivity index (χ2v) is 7.44. The predicted octanol–water partition coefficient (Wildman–Crippen LogP) is 3.48. The van der Waals surface area contributed by atoms with Crippen LogP contribution in [0.25, 0.3) is 0 Å². The Balaban J connectivity index is 1.83. The number of hydrogen-bond acceptors (Lipinski definition) is 4. The van der Waals surface area contributed by atoms with E-state index in [1.165, 1.54) is 6.26 Å². The average molecular weight is 322 g/mol. The second kappa shape index (κ2) is 4.45. The van der Waals surface area contributed by atoms with Crippen molar-refractivity contribution in [2.75, 3.05) is 0 Å². The van der Waals surface area contributed by atoms with Crippen LogP contribution in [0.15, 0.2) is 22.8 Å². The summed E-state index contributed by atoms with van der Waals surface area (Å²) in [6, 6.07) is 3.85. The first-order chi connectivity index (χ1) is 11.5. The molecular formula is C20H18O4. The van der Waals surface area contributed by atoms with Gasteiger partial charge in [-0.1, -0.05) is 6.92 Å². The molecular weight excluding hydrogens is 304 g/mol. The molecule has 2 atom stereocenters. The van der Waals surface area contributed by atoms with Gasteiger partial charge in [0.05, 0.1) is 12.4 Å². The van der Waals surface area contributed by atoms with Crippen molar-refractivity contribution in [2.24, 2.45) is 0 Å². The molecule has 0 saturated heterocycles. The molecule has 3 aliphatic carbocycles. The summed E-state index contributed by atoms with van der Waals surface area (Å²) in [6.45, 7) is 2.10. The van der Waals surface area contributed by atoms with Gasteiger partial charge >= 0.3 is 0 Å². The minimum Gasteiger partial charge on any atom is -0.460 e. The zero-order valence-corrected chi connectivity index (χ0v) is 13.5. The molecule has 0 fully saturated rings. The molecule has 4 heteroatoms. The number of furan rings is 1. The normalized spacial score (nSPS) is 27.5. The highest BCUT2D eigenvalue weighted by atomic mass is 16.3. The standard InChI is InChI=1S/C20H18O4/c1-20-6-5-16(22)13-9-24-19(17(13)20)18(23)12-7-10-3-2-4-15(21)11(10)8-14(12)20/h7-9,16,22H,2-6H2,1H3/t16-,20?/m1/s1. The van der Waals surface area contributed by atoms with E-state index >= 15 is 0 Å². The van der Waals surface area contributed by atoms with E-state index in [9.17, 15) is 14.7 Å². The van der Waals surface area contributed by atoms with Crippen LogP contribution in [-0.4, -0.2) is 16.7 Å². The maximum absolute atomic E-state index is 13.0. The van der Waals surface area contributed by atoms with E-state index in [4.69, 9.17) is 4.42 Å². The van der Waals surface area contributed by atoms with Crippen molar-refractivity contribution >= 4 is 11.6 Å². The highest BCUT2D eigenvalue weighted by molar-refractivity contribution is 6.13. The van der Waals surface area contributed by atoms with Gasteiger partial charge in [0, 0.05) is 34.1 Å². The van der Waals surface area contributed by atoms with E-state index in [1.54, 1.807) is 0 Å². The summed E-state index contributed by atoms with van der Waals surface area (Å²) < 4.78 is 5.58. The number of aliphatic hydroxyl groups excluding tert-OH is 1. The van der Waals surface area contributed by atoms with Gasteiger partial charge in [0.25, 0.3) is 0 Å². The number of aryl methyl sites for hydroxylation is 1. The lowest BCUT2D eigenvalue weighted by atomic mass is 9.61. The number of ketones is 2. The quantitative estimate of drug-likeness (QED) is 0.806. The van der Waals surface area contributed by atoms with Crippen molar-refractivity contribution in [1.29, 1.82) is 0 Å². The molecule has 0 bridgehead atoms. The van der Waals surface area contributed by atoms with Crippen LogP contribution in [0.2, 0.25) is 0 Å². The van der Waals surface area contributed by atoms with Crippen LogP contribution in [0.3, 0.4) is 0 Å². The largest absolute Gasteiger partial charge is 0.460 e. The van der Waals surface area contributed by atoms with Crippen molar-refractivity contribution in [2.45, 2.75) is 50.5 Å². The molecule has 0 aliphatic heterocycles. The lowest BCUT2D eigenvalue weighted by Crippen LogP contribution is -2.37. The van der Waals surface area contributed by atoms with Crippen molar-refractivity contribution in [3.05, 3.63) is 57.5 Å². The maximum atomic E-state index is 13.0. The summed E-state index contributed by atoms with van der Waals surface area (Å²) in [5.41, 5.74) is 4.50. The van der Waals surface area contributed by atoms with Crippen LogP contribution in [0, 0.1) is 0 Å². The average Bonchev–Trinajstić information content (AvgIpc) is 3.03. The van der Waals surface area contributed by atoms with Gasteiger partial charge in [-0.15, -0.1) is 0 Å². The number of carbonyl (C=O) groups excluding carboxylic acids is 2. The minimum absolute atomic E-state index is 0.126. The topological polar surface area (TPSA) is 67.5 Å². The van der Waals surface area contributed by atoms with Crippen molar-refractivity contribution in [3.8, 4) is 0 Å². The van der Waals surface area contributed by atoms with Crippen LogP contribution >= 0.6 is 0 Å².